The Bertz CT molecular complexity index is 2170. The summed E-state index contributed by atoms with van der Waals surface area (Å²) < 4.78 is 3.80. The molecule has 7 rings (SSSR count). The van der Waals surface area contributed by atoms with E-state index in [0.717, 1.165) is 0 Å². The van der Waals surface area contributed by atoms with Crippen LogP contribution >= 0.6 is 15.9 Å². The largest absolute Gasteiger partial charge is 0.507 e. The second-order valence-electron chi connectivity index (χ2n) is 10.5. The predicted molar refractivity (Wildman–Crippen MR) is 178 cm³/mol. The molecule has 0 bridgehead atoms. The van der Waals surface area contributed by atoms with Gasteiger partial charge in [-0.15, -0.1) is 0 Å². The summed E-state index contributed by atoms with van der Waals surface area (Å²) >= 11 is 3.54. The Morgan fingerprint density at radius 3 is 1.41 bits per heavy atom. The molecule has 0 aliphatic rings. The fourth-order valence-corrected chi connectivity index (χ4v) is 6.46. The number of benzene rings is 5. The number of hydrogen-bond donors (Lipinski definition) is 2. The molecule has 7 heteroatoms. The molecular formula is C37H25BrN2O4. The highest BCUT2D eigenvalue weighted by Crippen LogP contribution is 2.43. The third kappa shape index (κ3) is 4.41. The van der Waals surface area contributed by atoms with Gasteiger partial charge in [-0.05, 0) is 66.2 Å². The van der Waals surface area contributed by atoms with Crippen molar-refractivity contribution in [3.63, 3.8) is 0 Å². The molecule has 0 unspecified atom stereocenters. The highest BCUT2D eigenvalue weighted by molar-refractivity contribution is 9.10. The lowest BCUT2D eigenvalue weighted by atomic mass is 9.83. The average molecular weight is 642 g/mol. The van der Waals surface area contributed by atoms with Gasteiger partial charge in [0.2, 0.25) is 0 Å². The van der Waals surface area contributed by atoms with Crippen LogP contribution in [0.3, 0.4) is 0 Å². The summed E-state index contributed by atoms with van der Waals surface area (Å²) in [5.41, 5.74) is 1.74. The number of nitrogens with zero attached hydrogens (tertiary/aromatic N) is 2. The maximum Gasteiger partial charge on any atom is 0.263 e. The quantitative estimate of drug-likeness (QED) is 0.202. The molecule has 6 nitrogen and oxygen atoms in total. The van der Waals surface area contributed by atoms with E-state index in [1.807, 2.05) is 66.7 Å². The summed E-state index contributed by atoms with van der Waals surface area (Å²) in [4.78, 5) is 29.4. The Morgan fingerprint density at radius 2 is 0.955 bits per heavy atom. The molecule has 7 aromatic rings. The summed E-state index contributed by atoms with van der Waals surface area (Å²) in [6, 6.07) is 39.8. The van der Waals surface area contributed by atoms with Crippen LogP contribution in [-0.4, -0.2) is 19.3 Å². The fraction of sp³-hybridized carbons (Fsp3) is 0.0270. The molecule has 44 heavy (non-hydrogen) atoms. The van der Waals surface area contributed by atoms with Gasteiger partial charge in [0.1, 0.15) is 11.5 Å². The molecule has 5 aromatic carbocycles. The van der Waals surface area contributed by atoms with E-state index < -0.39 is 17.0 Å². The SMILES string of the molecule is O=c1c(C(c2cccc(Br)c2)c2c(O)c3ccccc3n(-c3ccccc3)c2=O)c(O)c2ccccc2n1-c1ccccc1. The molecule has 2 N–H and O–H groups in total. The molecule has 0 aliphatic heterocycles. The zero-order valence-corrected chi connectivity index (χ0v) is 24.8. The predicted octanol–water partition coefficient (Wildman–Crippen LogP) is 7.65. The number of pyridine rings is 2. The van der Waals surface area contributed by atoms with Gasteiger partial charge in [0.15, 0.2) is 0 Å². The topological polar surface area (TPSA) is 84.5 Å². The Labute approximate surface area is 260 Å². The Hall–Kier alpha value is -5.40. The zero-order valence-electron chi connectivity index (χ0n) is 23.3. The second-order valence-corrected chi connectivity index (χ2v) is 11.4. The molecular weight excluding hydrogens is 616 g/mol. The van der Waals surface area contributed by atoms with Crippen LogP contribution in [0.25, 0.3) is 33.2 Å². The average Bonchev–Trinajstić information content (AvgIpc) is 3.05. The number of rotatable bonds is 5. The molecule has 0 saturated heterocycles. The second kappa shape index (κ2) is 11.0. The Balaban J connectivity index is 1.67. The van der Waals surface area contributed by atoms with Crippen LogP contribution in [-0.2, 0) is 0 Å². The van der Waals surface area contributed by atoms with Gasteiger partial charge in [-0.2, -0.15) is 0 Å². The first-order valence-corrected chi connectivity index (χ1v) is 14.8. The summed E-state index contributed by atoms with van der Waals surface area (Å²) in [5, 5.41) is 24.7. The van der Waals surface area contributed by atoms with Crippen molar-refractivity contribution in [1.82, 2.24) is 9.13 Å². The fourth-order valence-electron chi connectivity index (χ4n) is 6.04. The monoisotopic (exact) mass is 640 g/mol. The van der Waals surface area contributed by atoms with Gasteiger partial charge in [-0.3, -0.25) is 18.7 Å². The number of aromatic nitrogens is 2. The summed E-state index contributed by atoms with van der Waals surface area (Å²) in [6.07, 6.45) is 0. The number of aromatic hydroxyl groups is 2. The third-order valence-corrected chi connectivity index (χ3v) is 8.46. The summed E-state index contributed by atoms with van der Waals surface area (Å²) in [5.74, 6) is -1.63. The first-order valence-electron chi connectivity index (χ1n) is 14.0. The lowest BCUT2D eigenvalue weighted by Crippen LogP contribution is -2.31. The van der Waals surface area contributed by atoms with E-state index in [1.165, 1.54) is 0 Å². The molecule has 0 aliphatic carbocycles. The van der Waals surface area contributed by atoms with Gasteiger partial charge in [0.05, 0.1) is 28.1 Å². The molecule has 2 aromatic heterocycles. The van der Waals surface area contributed by atoms with Gasteiger partial charge < -0.3 is 10.2 Å². The van der Waals surface area contributed by atoms with E-state index in [2.05, 4.69) is 15.9 Å². The summed E-state index contributed by atoms with van der Waals surface area (Å²) in [7, 11) is 0. The molecule has 0 spiro atoms. The molecule has 214 valence electrons. The molecule has 0 atom stereocenters. The van der Waals surface area contributed by atoms with E-state index in [9.17, 15) is 19.8 Å². The van der Waals surface area contributed by atoms with Crippen LogP contribution < -0.4 is 11.1 Å². The van der Waals surface area contributed by atoms with Crippen molar-refractivity contribution in [1.29, 1.82) is 0 Å². The van der Waals surface area contributed by atoms with Gasteiger partial charge in [0.25, 0.3) is 11.1 Å². The highest BCUT2D eigenvalue weighted by atomic mass is 79.9. The Kier molecular flexibility index (Phi) is 6.87. The smallest absolute Gasteiger partial charge is 0.263 e. The standard InChI is InChI=1S/C37H25BrN2O4/c38-24-13-11-12-23(22-24)31(32-34(41)27-18-7-9-20-29(27)39(36(32)43)25-14-3-1-4-15-25)33-35(42)28-19-8-10-21-30(28)40(37(33)44)26-16-5-2-6-17-26/h1-22,31,41-42H. The first kappa shape index (κ1) is 27.4. The van der Waals surface area contributed by atoms with Crippen molar-refractivity contribution in [2.45, 2.75) is 5.92 Å². The number of hydrogen-bond acceptors (Lipinski definition) is 4. The van der Waals surface area contributed by atoms with Crippen LogP contribution in [0.1, 0.15) is 22.6 Å². The molecule has 2 heterocycles. The summed E-state index contributed by atoms with van der Waals surface area (Å²) in [6.45, 7) is 0. The van der Waals surface area contributed by atoms with Crippen LogP contribution in [0.2, 0.25) is 0 Å². The van der Waals surface area contributed by atoms with Crippen LogP contribution in [0.15, 0.2) is 148 Å². The van der Waals surface area contributed by atoms with Gasteiger partial charge in [0, 0.05) is 26.6 Å². The van der Waals surface area contributed by atoms with Gasteiger partial charge >= 0.3 is 0 Å². The first-order chi connectivity index (χ1) is 21.5. The molecule has 0 fully saturated rings. The van der Waals surface area contributed by atoms with Crippen molar-refractivity contribution >= 4 is 37.7 Å². The van der Waals surface area contributed by atoms with Crippen LogP contribution in [0.4, 0.5) is 0 Å². The minimum Gasteiger partial charge on any atom is -0.507 e. The molecule has 0 amide bonds. The van der Waals surface area contributed by atoms with Crippen LogP contribution in [0.5, 0.6) is 11.5 Å². The number of halogens is 1. The minimum absolute atomic E-state index is 0.0204. The number of para-hydroxylation sites is 4. The van der Waals surface area contributed by atoms with Crippen molar-refractivity contribution in [3.05, 3.63) is 175 Å². The molecule has 0 saturated carbocycles. The van der Waals surface area contributed by atoms with Crippen LogP contribution in [0, 0.1) is 0 Å². The number of fused-ring (bicyclic) bond motifs is 2. The van der Waals surface area contributed by atoms with Crippen molar-refractivity contribution in [3.8, 4) is 22.9 Å². The zero-order chi connectivity index (χ0) is 30.4. The van der Waals surface area contributed by atoms with E-state index in [-0.39, 0.29) is 22.6 Å². The Morgan fingerprint density at radius 1 is 0.523 bits per heavy atom. The minimum atomic E-state index is -1.13. The van der Waals surface area contributed by atoms with Crippen molar-refractivity contribution < 1.29 is 10.2 Å². The van der Waals surface area contributed by atoms with Gasteiger partial charge in [-0.25, -0.2) is 0 Å². The van der Waals surface area contributed by atoms with Crippen molar-refractivity contribution in [2.75, 3.05) is 0 Å². The highest BCUT2D eigenvalue weighted by Gasteiger charge is 2.33. The van der Waals surface area contributed by atoms with Gasteiger partial charge in [-0.1, -0.05) is 88.7 Å². The van der Waals surface area contributed by atoms with E-state index >= 15 is 0 Å². The lowest BCUT2D eigenvalue weighted by Gasteiger charge is -2.24. The lowest BCUT2D eigenvalue weighted by molar-refractivity contribution is 0.461. The van der Waals surface area contributed by atoms with E-state index in [4.69, 9.17) is 0 Å². The normalized spacial score (nSPS) is 11.4. The van der Waals surface area contributed by atoms with Crippen molar-refractivity contribution in [2.24, 2.45) is 0 Å². The maximum atomic E-state index is 14.7. The third-order valence-electron chi connectivity index (χ3n) is 7.97. The maximum absolute atomic E-state index is 14.7. The van der Waals surface area contributed by atoms with E-state index in [0.29, 0.717) is 43.2 Å². The molecule has 0 radical (unpaired) electrons. The van der Waals surface area contributed by atoms with E-state index in [1.54, 1.807) is 75.9 Å².